The number of morpholine rings is 1. The predicted octanol–water partition coefficient (Wildman–Crippen LogP) is 0.152. The highest BCUT2D eigenvalue weighted by molar-refractivity contribution is 5.85. The monoisotopic (exact) mass is 387 g/mol. The molecule has 28 heavy (non-hydrogen) atoms. The van der Waals surface area contributed by atoms with Crippen molar-refractivity contribution in [1.82, 2.24) is 25.7 Å². The van der Waals surface area contributed by atoms with Crippen LogP contribution in [0, 0.1) is 6.92 Å². The summed E-state index contributed by atoms with van der Waals surface area (Å²) in [5.74, 6) is 0.0845. The lowest BCUT2D eigenvalue weighted by molar-refractivity contribution is -0.126. The van der Waals surface area contributed by atoms with Gasteiger partial charge in [-0.15, -0.1) is 0 Å². The van der Waals surface area contributed by atoms with Gasteiger partial charge in [-0.3, -0.25) is 14.5 Å². The number of benzene rings is 1. The largest absolute Gasteiger partial charge is 0.379 e. The van der Waals surface area contributed by atoms with Crippen LogP contribution in [-0.4, -0.2) is 72.8 Å². The normalized spacial score (nSPS) is 14.6. The lowest BCUT2D eigenvalue weighted by atomic mass is 10.1. The zero-order chi connectivity index (χ0) is 19.8. The molecule has 2 heterocycles. The lowest BCUT2D eigenvalue weighted by Crippen LogP contribution is -2.43. The van der Waals surface area contributed by atoms with Crippen molar-refractivity contribution in [3.05, 3.63) is 35.7 Å². The molecule has 1 aliphatic heterocycles. The van der Waals surface area contributed by atoms with E-state index in [0.717, 1.165) is 44.0 Å². The van der Waals surface area contributed by atoms with Crippen LogP contribution in [0.25, 0.3) is 11.4 Å². The summed E-state index contributed by atoms with van der Waals surface area (Å²) in [4.78, 5) is 30.3. The quantitative estimate of drug-likeness (QED) is 0.664. The molecule has 2 amide bonds. The highest BCUT2D eigenvalue weighted by Crippen LogP contribution is 2.19. The fourth-order valence-corrected chi connectivity index (χ4v) is 2.88. The first-order valence-electron chi connectivity index (χ1n) is 9.34. The average Bonchev–Trinajstić information content (AvgIpc) is 3.16. The number of aromatic nitrogens is 2. The summed E-state index contributed by atoms with van der Waals surface area (Å²) < 4.78 is 10.4. The maximum atomic E-state index is 12.0. The molecule has 3 rings (SSSR count). The van der Waals surface area contributed by atoms with Crippen LogP contribution in [0.4, 0.5) is 0 Å². The van der Waals surface area contributed by atoms with Crippen LogP contribution in [0.1, 0.15) is 11.5 Å². The Bertz CT molecular complexity index is 801. The molecule has 9 nitrogen and oxygen atoms in total. The Kier molecular flexibility index (Phi) is 7.10. The van der Waals surface area contributed by atoms with Gasteiger partial charge in [0.15, 0.2) is 0 Å². The summed E-state index contributed by atoms with van der Waals surface area (Å²) in [5, 5.41) is 9.28. The molecule has 2 N–H and O–H groups in total. The zero-order valence-corrected chi connectivity index (χ0v) is 15.9. The van der Waals surface area contributed by atoms with E-state index < -0.39 is 0 Å². The summed E-state index contributed by atoms with van der Waals surface area (Å²) >= 11 is 0. The van der Waals surface area contributed by atoms with Gasteiger partial charge in [0.25, 0.3) is 0 Å². The first-order valence-corrected chi connectivity index (χ1v) is 9.34. The van der Waals surface area contributed by atoms with E-state index >= 15 is 0 Å². The number of rotatable bonds is 8. The van der Waals surface area contributed by atoms with E-state index in [2.05, 4.69) is 25.7 Å². The second-order valence-corrected chi connectivity index (χ2v) is 6.58. The minimum atomic E-state index is -0.344. The van der Waals surface area contributed by atoms with E-state index in [1.165, 1.54) is 0 Å². The van der Waals surface area contributed by atoms with Gasteiger partial charge in [0.1, 0.15) is 6.42 Å². The molecule has 0 bridgehead atoms. The standard InChI is InChI=1S/C19H25N5O4/c1-14-4-2-3-5-15(14)19-22-18(28-23-19)12-16(25)21-13-17(26)20-6-7-24-8-10-27-11-9-24/h2-5H,6-13H2,1H3,(H,20,26)(H,21,25). The van der Waals surface area contributed by atoms with Crippen molar-refractivity contribution in [3.63, 3.8) is 0 Å². The SMILES string of the molecule is Cc1ccccc1-c1noc(CC(=O)NCC(=O)NCCN2CCOCC2)n1. The number of nitrogens with zero attached hydrogens (tertiary/aromatic N) is 3. The molecule has 0 atom stereocenters. The number of hydrogen-bond acceptors (Lipinski definition) is 7. The molecule has 1 aliphatic rings. The molecule has 0 saturated carbocycles. The van der Waals surface area contributed by atoms with Crippen LogP contribution < -0.4 is 10.6 Å². The topological polar surface area (TPSA) is 110 Å². The Morgan fingerprint density at radius 3 is 2.71 bits per heavy atom. The Morgan fingerprint density at radius 2 is 1.93 bits per heavy atom. The van der Waals surface area contributed by atoms with Crippen molar-refractivity contribution in [1.29, 1.82) is 0 Å². The lowest BCUT2D eigenvalue weighted by Gasteiger charge is -2.26. The van der Waals surface area contributed by atoms with Gasteiger partial charge in [-0.25, -0.2) is 0 Å². The summed E-state index contributed by atoms with van der Waals surface area (Å²) in [6, 6.07) is 7.67. The van der Waals surface area contributed by atoms with Gasteiger partial charge in [0, 0.05) is 31.7 Å². The number of hydrogen-bond donors (Lipinski definition) is 2. The fraction of sp³-hybridized carbons (Fsp3) is 0.474. The van der Waals surface area contributed by atoms with E-state index in [-0.39, 0.29) is 30.7 Å². The molecular formula is C19H25N5O4. The predicted molar refractivity (Wildman–Crippen MR) is 101 cm³/mol. The van der Waals surface area contributed by atoms with Crippen LogP contribution in [0.2, 0.25) is 0 Å². The van der Waals surface area contributed by atoms with Gasteiger partial charge in [-0.05, 0) is 12.5 Å². The molecule has 0 radical (unpaired) electrons. The molecular weight excluding hydrogens is 362 g/mol. The molecule has 9 heteroatoms. The van der Waals surface area contributed by atoms with Gasteiger partial charge >= 0.3 is 0 Å². The van der Waals surface area contributed by atoms with Crippen molar-refractivity contribution in [3.8, 4) is 11.4 Å². The van der Waals surface area contributed by atoms with Crippen molar-refractivity contribution in [2.45, 2.75) is 13.3 Å². The van der Waals surface area contributed by atoms with Gasteiger partial charge in [0.2, 0.25) is 23.5 Å². The minimum Gasteiger partial charge on any atom is -0.379 e. The van der Waals surface area contributed by atoms with Gasteiger partial charge in [-0.2, -0.15) is 4.98 Å². The number of amides is 2. The maximum absolute atomic E-state index is 12.0. The van der Waals surface area contributed by atoms with Gasteiger partial charge < -0.3 is 19.9 Å². The highest BCUT2D eigenvalue weighted by atomic mass is 16.5. The van der Waals surface area contributed by atoms with Crippen LogP contribution in [-0.2, 0) is 20.7 Å². The fourth-order valence-electron chi connectivity index (χ4n) is 2.88. The van der Waals surface area contributed by atoms with Crippen molar-refractivity contribution >= 4 is 11.8 Å². The average molecular weight is 387 g/mol. The molecule has 0 spiro atoms. The van der Waals surface area contributed by atoms with E-state index in [9.17, 15) is 9.59 Å². The molecule has 0 aliphatic carbocycles. The van der Waals surface area contributed by atoms with E-state index in [4.69, 9.17) is 9.26 Å². The van der Waals surface area contributed by atoms with E-state index in [1.807, 2.05) is 31.2 Å². The number of aryl methyl sites for hydroxylation is 1. The smallest absolute Gasteiger partial charge is 0.239 e. The van der Waals surface area contributed by atoms with Crippen molar-refractivity contribution < 1.29 is 18.8 Å². The molecule has 2 aromatic rings. The minimum absolute atomic E-state index is 0.0695. The Morgan fingerprint density at radius 1 is 1.14 bits per heavy atom. The van der Waals surface area contributed by atoms with Crippen LogP contribution >= 0.6 is 0 Å². The Hall–Kier alpha value is -2.78. The summed E-state index contributed by atoms with van der Waals surface area (Å²) in [6.45, 7) is 6.39. The molecule has 0 unspecified atom stereocenters. The summed E-state index contributed by atoms with van der Waals surface area (Å²) in [5.41, 5.74) is 1.88. The molecule has 1 aromatic carbocycles. The highest BCUT2D eigenvalue weighted by Gasteiger charge is 2.15. The number of carbonyl (C=O) groups is 2. The van der Waals surface area contributed by atoms with Crippen molar-refractivity contribution in [2.75, 3.05) is 45.9 Å². The molecule has 1 aromatic heterocycles. The number of ether oxygens (including phenoxy) is 1. The van der Waals surface area contributed by atoms with Crippen LogP contribution in [0.3, 0.4) is 0 Å². The van der Waals surface area contributed by atoms with Crippen molar-refractivity contribution in [2.24, 2.45) is 0 Å². The van der Waals surface area contributed by atoms with Gasteiger partial charge in [-0.1, -0.05) is 29.4 Å². The number of carbonyl (C=O) groups excluding carboxylic acids is 2. The van der Waals surface area contributed by atoms with E-state index in [1.54, 1.807) is 0 Å². The van der Waals surface area contributed by atoms with E-state index in [0.29, 0.717) is 12.4 Å². The summed E-state index contributed by atoms with van der Waals surface area (Å²) in [7, 11) is 0. The Labute approximate surface area is 163 Å². The third kappa shape index (κ3) is 5.86. The number of nitrogens with one attached hydrogen (secondary N) is 2. The van der Waals surface area contributed by atoms with Gasteiger partial charge in [0.05, 0.1) is 19.8 Å². The zero-order valence-electron chi connectivity index (χ0n) is 15.9. The molecule has 1 saturated heterocycles. The van der Waals surface area contributed by atoms with Crippen LogP contribution in [0.15, 0.2) is 28.8 Å². The first-order chi connectivity index (χ1) is 13.6. The Balaban J connectivity index is 1.37. The molecule has 150 valence electrons. The van der Waals surface area contributed by atoms with Crippen LogP contribution in [0.5, 0.6) is 0 Å². The third-order valence-corrected chi connectivity index (χ3v) is 4.47. The second kappa shape index (κ2) is 9.95. The summed E-state index contributed by atoms with van der Waals surface area (Å²) in [6.07, 6.45) is -0.0695. The molecule has 1 fully saturated rings. The maximum Gasteiger partial charge on any atom is 0.239 e. The second-order valence-electron chi connectivity index (χ2n) is 6.58. The first kappa shape index (κ1) is 20.0. The third-order valence-electron chi connectivity index (χ3n) is 4.47.